The molecule has 1 aliphatic heterocycles. The largest absolute Gasteiger partial charge is 0.347 e. The molecule has 3 heterocycles. The summed E-state index contributed by atoms with van der Waals surface area (Å²) < 4.78 is 3.93. The van der Waals surface area contributed by atoms with Crippen LogP contribution < -0.4 is 5.32 Å². The molecule has 0 spiro atoms. The highest BCUT2D eigenvalue weighted by Gasteiger charge is 2.17. The van der Waals surface area contributed by atoms with Gasteiger partial charge in [-0.15, -0.1) is 0 Å². The zero-order valence-corrected chi connectivity index (χ0v) is 14.5. The lowest BCUT2D eigenvalue weighted by atomic mass is 10.3. The maximum atomic E-state index is 12.6. The van der Waals surface area contributed by atoms with Gasteiger partial charge in [-0.1, -0.05) is 12.1 Å². The molecule has 0 aliphatic carbocycles. The van der Waals surface area contributed by atoms with Gasteiger partial charge in [0.05, 0.1) is 11.0 Å². The third-order valence-corrected chi connectivity index (χ3v) is 4.89. The molecule has 0 unspecified atom stereocenters. The highest BCUT2D eigenvalue weighted by atomic mass is 16.2. The minimum absolute atomic E-state index is 0.134. The average molecular weight is 337 g/mol. The average Bonchev–Trinajstić information content (AvgIpc) is 3.32. The van der Waals surface area contributed by atoms with E-state index in [9.17, 15) is 4.79 Å². The van der Waals surface area contributed by atoms with Crippen LogP contribution in [0.4, 0.5) is 5.95 Å². The van der Waals surface area contributed by atoms with Crippen LogP contribution in [0.1, 0.15) is 23.3 Å². The molecule has 4 rings (SSSR count). The second-order valence-corrected chi connectivity index (χ2v) is 6.58. The van der Waals surface area contributed by atoms with Crippen molar-refractivity contribution in [2.75, 3.05) is 25.0 Å². The summed E-state index contributed by atoms with van der Waals surface area (Å²) in [7, 11) is 1.87. The number of aromatic nitrogens is 3. The number of fused-ring (bicyclic) bond motifs is 1. The number of rotatable bonds is 5. The fraction of sp³-hybridized carbons (Fsp3) is 0.368. The number of nitrogens with one attached hydrogen (secondary N) is 1. The van der Waals surface area contributed by atoms with Gasteiger partial charge in [0.2, 0.25) is 5.95 Å². The lowest BCUT2D eigenvalue weighted by molar-refractivity contribution is 0.101. The smallest absolute Gasteiger partial charge is 0.274 e. The van der Waals surface area contributed by atoms with Crippen molar-refractivity contribution in [2.24, 2.45) is 7.05 Å². The summed E-state index contributed by atoms with van der Waals surface area (Å²) in [5.74, 6) is 0.483. The van der Waals surface area contributed by atoms with Crippen molar-refractivity contribution in [3.63, 3.8) is 0 Å². The Morgan fingerprint density at radius 1 is 1.12 bits per heavy atom. The summed E-state index contributed by atoms with van der Waals surface area (Å²) in [5, 5.41) is 2.99. The van der Waals surface area contributed by atoms with E-state index in [0.29, 0.717) is 11.6 Å². The fourth-order valence-corrected chi connectivity index (χ4v) is 3.51. The van der Waals surface area contributed by atoms with Gasteiger partial charge in [-0.05, 0) is 50.2 Å². The molecule has 3 aromatic rings. The Morgan fingerprint density at radius 3 is 2.68 bits per heavy atom. The third kappa shape index (κ3) is 3.17. The van der Waals surface area contributed by atoms with E-state index in [0.717, 1.165) is 37.2 Å². The number of carbonyl (C=O) groups is 1. The molecule has 6 heteroatoms. The number of hydrogen-bond donors (Lipinski definition) is 1. The first-order chi connectivity index (χ1) is 12.2. The summed E-state index contributed by atoms with van der Waals surface area (Å²) in [6.07, 6.45) is 4.43. The molecule has 6 nitrogen and oxygen atoms in total. The van der Waals surface area contributed by atoms with E-state index in [1.807, 2.05) is 48.1 Å². The van der Waals surface area contributed by atoms with Crippen molar-refractivity contribution in [2.45, 2.75) is 19.4 Å². The first-order valence-corrected chi connectivity index (χ1v) is 8.83. The summed E-state index contributed by atoms with van der Waals surface area (Å²) in [6, 6.07) is 11.7. The first-order valence-electron chi connectivity index (χ1n) is 8.83. The molecule has 130 valence electrons. The monoisotopic (exact) mass is 337 g/mol. The molecule has 1 aliphatic rings. The highest BCUT2D eigenvalue weighted by molar-refractivity contribution is 6.03. The van der Waals surface area contributed by atoms with Crippen molar-refractivity contribution < 1.29 is 4.79 Å². The standard InChI is InChI=1S/C19H23N5O/c1-22-10-6-9-17(22)18(25)21-19-20-15-7-2-3-8-16(15)24(19)14-13-23-11-4-5-12-23/h2-3,6-10H,4-5,11-14H2,1H3,(H,20,21,25). The minimum atomic E-state index is -0.134. The summed E-state index contributed by atoms with van der Waals surface area (Å²) in [6.45, 7) is 4.13. The molecule has 0 radical (unpaired) electrons. The van der Waals surface area contributed by atoms with Crippen LogP contribution in [0.3, 0.4) is 0 Å². The minimum Gasteiger partial charge on any atom is -0.347 e. The molecule has 2 aromatic heterocycles. The number of hydrogen-bond acceptors (Lipinski definition) is 3. The number of aryl methyl sites for hydroxylation is 1. The Labute approximate surface area is 147 Å². The van der Waals surface area contributed by atoms with Gasteiger partial charge in [-0.25, -0.2) is 4.98 Å². The molecule has 0 saturated carbocycles. The van der Waals surface area contributed by atoms with Crippen molar-refractivity contribution in [3.8, 4) is 0 Å². The van der Waals surface area contributed by atoms with Gasteiger partial charge >= 0.3 is 0 Å². The van der Waals surface area contributed by atoms with E-state index >= 15 is 0 Å². The van der Waals surface area contributed by atoms with Crippen LogP contribution in [0.15, 0.2) is 42.6 Å². The van der Waals surface area contributed by atoms with Gasteiger partial charge in [0.1, 0.15) is 5.69 Å². The van der Waals surface area contributed by atoms with Crippen LogP contribution in [0, 0.1) is 0 Å². The van der Waals surface area contributed by atoms with Crippen LogP contribution >= 0.6 is 0 Å². The number of likely N-dealkylation sites (tertiary alicyclic amines) is 1. The van der Waals surface area contributed by atoms with Crippen molar-refractivity contribution in [3.05, 3.63) is 48.3 Å². The Balaban J connectivity index is 1.61. The third-order valence-electron chi connectivity index (χ3n) is 4.89. The number of anilines is 1. The Bertz CT molecular complexity index is 888. The first kappa shape index (κ1) is 15.9. The van der Waals surface area contributed by atoms with Crippen LogP contribution in [0.5, 0.6) is 0 Å². The number of benzene rings is 1. The second-order valence-electron chi connectivity index (χ2n) is 6.58. The molecule has 1 N–H and O–H groups in total. The zero-order valence-electron chi connectivity index (χ0n) is 14.5. The molecule has 1 amide bonds. The number of nitrogens with zero attached hydrogens (tertiary/aromatic N) is 4. The molecule has 25 heavy (non-hydrogen) atoms. The van der Waals surface area contributed by atoms with E-state index in [1.54, 1.807) is 0 Å². The van der Waals surface area contributed by atoms with Crippen molar-refractivity contribution >= 4 is 22.9 Å². The SMILES string of the molecule is Cn1cccc1C(=O)Nc1nc2ccccc2n1CCN1CCCC1. The maximum absolute atomic E-state index is 12.6. The van der Waals surface area contributed by atoms with Gasteiger partial charge < -0.3 is 14.0 Å². The van der Waals surface area contributed by atoms with Crippen LogP contribution in [0.25, 0.3) is 11.0 Å². The normalized spacial score (nSPS) is 15.1. The maximum Gasteiger partial charge on any atom is 0.274 e. The van der Waals surface area contributed by atoms with E-state index in [4.69, 9.17) is 0 Å². The number of carbonyl (C=O) groups excluding carboxylic acids is 1. The van der Waals surface area contributed by atoms with E-state index in [2.05, 4.69) is 25.8 Å². The van der Waals surface area contributed by atoms with E-state index in [-0.39, 0.29) is 5.91 Å². The Hall–Kier alpha value is -2.60. The lowest BCUT2D eigenvalue weighted by Gasteiger charge is -2.16. The second kappa shape index (κ2) is 6.72. The van der Waals surface area contributed by atoms with E-state index in [1.165, 1.54) is 12.8 Å². The van der Waals surface area contributed by atoms with Gasteiger partial charge in [0.15, 0.2) is 0 Å². The molecule has 1 fully saturated rings. The predicted octanol–water partition coefficient (Wildman–Crippen LogP) is 2.72. The quantitative estimate of drug-likeness (QED) is 0.779. The molecular formula is C19H23N5O. The van der Waals surface area contributed by atoms with Gasteiger partial charge in [0.25, 0.3) is 5.91 Å². The zero-order chi connectivity index (χ0) is 17.2. The molecule has 0 atom stereocenters. The molecule has 0 bridgehead atoms. The van der Waals surface area contributed by atoms with Crippen LogP contribution in [-0.4, -0.2) is 44.6 Å². The van der Waals surface area contributed by atoms with Crippen LogP contribution in [0.2, 0.25) is 0 Å². The van der Waals surface area contributed by atoms with E-state index < -0.39 is 0 Å². The highest BCUT2D eigenvalue weighted by Crippen LogP contribution is 2.21. The lowest BCUT2D eigenvalue weighted by Crippen LogP contribution is -2.25. The predicted molar refractivity (Wildman–Crippen MR) is 98.8 cm³/mol. The summed E-state index contributed by atoms with van der Waals surface area (Å²) in [5.41, 5.74) is 2.59. The Morgan fingerprint density at radius 2 is 1.92 bits per heavy atom. The summed E-state index contributed by atoms with van der Waals surface area (Å²) >= 11 is 0. The molecule has 1 saturated heterocycles. The topological polar surface area (TPSA) is 55.1 Å². The number of amides is 1. The van der Waals surface area contributed by atoms with Crippen LogP contribution in [-0.2, 0) is 13.6 Å². The van der Waals surface area contributed by atoms with Crippen molar-refractivity contribution in [1.82, 2.24) is 19.0 Å². The van der Waals surface area contributed by atoms with Crippen molar-refractivity contribution in [1.29, 1.82) is 0 Å². The fourth-order valence-electron chi connectivity index (χ4n) is 3.51. The Kier molecular flexibility index (Phi) is 4.28. The number of imidazole rings is 1. The van der Waals surface area contributed by atoms with Gasteiger partial charge in [-0.3, -0.25) is 10.1 Å². The van der Waals surface area contributed by atoms with Gasteiger partial charge in [-0.2, -0.15) is 0 Å². The molecule has 1 aromatic carbocycles. The van der Waals surface area contributed by atoms with Gasteiger partial charge in [0, 0.05) is 26.3 Å². The molecular weight excluding hydrogens is 314 g/mol. The number of para-hydroxylation sites is 2. The summed E-state index contributed by atoms with van der Waals surface area (Å²) in [4.78, 5) is 19.7.